The molecule has 160 valence electrons. The van der Waals surface area contributed by atoms with Crippen LogP contribution in [0, 0.1) is 0 Å². The van der Waals surface area contributed by atoms with Gasteiger partial charge in [0.05, 0.1) is 24.4 Å². The molecular formula is C24H34O5. The average Bonchev–Trinajstić information content (AvgIpc) is 2.65. The summed E-state index contributed by atoms with van der Waals surface area (Å²) < 4.78 is 5.31. The van der Waals surface area contributed by atoms with Gasteiger partial charge in [-0.15, -0.1) is 0 Å². The van der Waals surface area contributed by atoms with E-state index in [4.69, 9.17) is 4.74 Å². The Bertz CT molecular complexity index is 627. The van der Waals surface area contributed by atoms with Gasteiger partial charge in [-0.2, -0.15) is 0 Å². The Hall–Kier alpha value is -2.21. The second kappa shape index (κ2) is 15.7. The van der Waals surface area contributed by atoms with Gasteiger partial charge in [-0.1, -0.05) is 66.8 Å². The Morgan fingerprint density at radius 2 is 1.52 bits per heavy atom. The molecule has 4 atom stereocenters. The fraction of sp³-hybridized carbons (Fsp3) is 0.458. The molecule has 3 N–H and O–H groups in total. The number of carbonyl (C=O) groups excluding carboxylic acids is 1. The number of hydrogen-bond acceptors (Lipinski definition) is 5. The van der Waals surface area contributed by atoms with Gasteiger partial charge in [0.2, 0.25) is 0 Å². The molecule has 0 saturated heterocycles. The standard InChI is InChI=1S/C24H34O5/c1-20-13-7-3-2-4-8-16-22(26)19-23(27)17-11-5-9-14-21(25)15-10-6-12-18-24(28)29-20/h2,4-6,8-12,14,16,18,20-23,25-27H,3,7,13,15,17,19H2,1H3/b4-2+,10-6+,11-5-,14-9+,16-8+,18-12-. The molecule has 0 spiro atoms. The van der Waals surface area contributed by atoms with Crippen LogP contribution in [0.5, 0.6) is 0 Å². The van der Waals surface area contributed by atoms with Gasteiger partial charge in [-0.3, -0.25) is 0 Å². The highest BCUT2D eigenvalue weighted by Gasteiger charge is 2.07. The number of carbonyl (C=O) groups is 1. The lowest BCUT2D eigenvalue weighted by molar-refractivity contribution is -0.142. The largest absolute Gasteiger partial charge is 0.460 e. The molecule has 0 aromatic rings. The van der Waals surface area contributed by atoms with Crippen molar-refractivity contribution in [2.24, 2.45) is 0 Å². The summed E-state index contributed by atoms with van der Waals surface area (Å²) >= 11 is 0. The molecule has 0 saturated carbocycles. The molecular weight excluding hydrogens is 368 g/mol. The maximum absolute atomic E-state index is 11.7. The molecule has 0 aliphatic carbocycles. The summed E-state index contributed by atoms with van der Waals surface area (Å²) in [6.07, 6.45) is 22.2. The first-order valence-corrected chi connectivity index (χ1v) is 10.2. The zero-order valence-corrected chi connectivity index (χ0v) is 17.1. The Balaban J connectivity index is 2.66. The van der Waals surface area contributed by atoms with Crippen molar-refractivity contribution in [3.8, 4) is 0 Å². The summed E-state index contributed by atoms with van der Waals surface area (Å²) in [5.74, 6) is -0.378. The van der Waals surface area contributed by atoms with E-state index in [2.05, 4.69) is 0 Å². The van der Waals surface area contributed by atoms with Gasteiger partial charge in [0.1, 0.15) is 0 Å². The van der Waals surface area contributed by atoms with Crippen molar-refractivity contribution in [2.45, 2.75) is 69.9 Å². The summed E-state index contributed by atoms with van der Waals surface area (Å²) in [7, 11) is 0. The van der Waals surface area contributed by atoms with E-state index in [1.54, 1.807) is 54.7 Å². The molecule has 4 unspecified atom stereocenters. The van der Waals surface area contributed by atoms with Crippen LogP contribution < -0.4 is 0 Å². The number of cyclic esters (lactones) is 1. The number of allylic oxidation sites excluding steroid dienone is 7. The van der Waals surface area contributed by atoms with E-state index < -0.39 is 18.3 Å². The molecule has 1 aliphatic heterocycles. The van der Waals surface area contributed by atoms with Gasteiger partial charge in [-0.25, -0.2) is 4.79 Å². The Kier molecular flexibility index (Phi) is 13.4. The van der Waals surface area contributed by atoms with E-state index in [0.717, 1.165) is 19.3 Å². The number of rotatable bonds is 0. The van der Waals surface area contributed by atoms with E-state index in [9.17, 15) is 20.1 Å². The molecule has 0 aromatic heterocycles. The van der Waals surface area contributed by atoms with Crippen LogP contribution in [0.15, 0.2) is 72.9 Å². The monoisotopic (exact) mass is 402 g/mol. The van der Waals surface area contributed by atoms with E-state index in [1.807, 2.05) is 19.1 Å². The van der Waals surface area contributed by atoms with E-state index >= 15 is 0 Å². The van der Waals surface area contributed by atoms with Crippen LogP contribution in [-0.4, -0.2) is 45.7 Å². The predicted octanol–water partition coefficient (Wildman–Crippen LogP) is 3.69. The van der Waals surface area contributed by atoms with E-state index in [-0.39, 0.29) is 18.5 Å². The SMILES string of the molecule is CC1CCC/C=C/C=C/C(O)CC(O)C/C=C\C=C\C(O)C/C=C/C=C\C(=O)O1. The van der Waals surface area contributed by atoms with Crippen LogP contribution >= 0.6 is 0 Å². The third kappa shape index (κ3) is 14.4. The highest BCUT2D eigenvalue weighted by atomic mass is 16.5. The number of esters is 1. The van der Waals surface area contributed by atoms with Gasteiger partial charge < -0.3 is 20.1 Å². The molecule has 29 heavy (non-hydrogen) atoms. The number of ether oxygens (including phenoxy) is 1. The van der Waals surface area contributed by atoms with Crippen molar-refractivity contribution in [2.75, 3.05) is 0 Å². The minimum absolute atomic E-state index is 0.158. The number of aliphatic hydroxyl groups is 3. The molecule has 0 aromatic carbocycles. The maximum Gasteiger partial charge on any atom is 0.331 e. The lowest BCUT2D eigenvalue weighted by atomic mass is 10.1. The van der Waals surface area contributed by atoms with Gasteiger partial charge in [0.25, 0.3) is 0 Å². The summed E-state index contributed by atoms with van der Waals surface area (Å²) in [5.41, 5.74) is 0. The van der Waals surface area contributed by atoms with Crippen molar-refractivity contribution in [1.82, 2.24) is 0 Å². The lowest BCUT2D eigenvalue weighted by Crippen LogP contribution is -2.14. The molecule has 0 radical (unpaired) electrons. The molecule has 0 fully saturated rings. The van der Waals surface area contributed by atoms with Gasteiger partial charge in [0, 0.05) is 12.5 Å². The normalized spacial score (nSPS) is 35.4. The van der Waals surface area contributed by atoms with E-state index in [0.29, 0.717) is 12.8 Å². The zero-order chi connectivity index (χ0) is 21.3. The molecule has 1 heterocycles. The average molecular weight is 403 g/mol. The van der Waals surface area contributed by atoms with Crippen molar-refractivity contribution in [1.29, 1.82) is 0 Å². The predicted molar refractivity (Wildman–Crippen MR) is 116 cm³/mol. The van der Waals surface area contributed by atoms with Gasteiger partial charge in [0.15, 0.2) is 0 Å². The Morgan fingerprint density at radius 3 is 2.31 bits per heavy atom. The Labute approximate surface area is 174 Å². The highest BCUT2D eigenvalue weighted by Crippen LogP contribution is 2.08. The number of hydrogen-bond donors (Lipinski definition) is 3. The maximum atomic E-state index is 11.7. The minimum Gasteiger partial charge on any atom is -0.460 e. The minimum atomic E-state index is -0.703. The van der Waals surface area contributed by atoms with Crippen LogP contribution in [-0.2, 0) is 9.53 Å². The smallest absolute Gasteiger partial charge is 0.331 e. The quantitative estimate of drug-likeness (QED) is 0.538. The van der Waals surface area contributed by atoms with Crippen molar-refractivity contribution >= 4 is 5.97 Å². The van der Waals surface area contributed by atoms with Gasteiger partial charge in [-0.05, 0) is 39.0 Å². The van der Waals surface area contributed by atoms with Crippen LogP contribution in [0.25, 0.3) is 0 Å². The van der Waals surface area contributed by atoms with Crippen molar-refractivity contribution < 1.29 is 24.9 Å². The first-order chi connectivity index (χ1) is 14.0. The molecule has 0 amide bonds. The van der Waals surface area contributed by atoms with Crippen molar-refractivity contribution in [3.63, 3.8) is 0 Å². The number of aliphatic hydroxyl groups excluding tert-OH is 3. The summed E-state index contributed by atoms with van der Waals surface area (Å²) in [6.45, 7) is 1.87. The summed E-state index contributed by atoms with van der Waals surface area (Å²) in [6, 6.07) is 0. The molecule has 5 heteroatoms. The van der Waals surface area contributed by atoms with Gasteiger partial charge >= 0.3 is 5.97 Å². The lowest BCUT2D eigenvalue weighted by Gasteiger charge is -2.10. The van der Waals surface area contributed by atoms with E-state index in [1.165, 1.54) is 6.08 Å². The first kappa shape index (κ1) is 24.8. The fourth-order valence-electron chi connectivity index (χ4n) is 2.66. The van der Waals surface area contributed by atoms with Crippen LogP contribution in [0.3, 0.4) is 0 Å². The molecule has 0 bridgehead atoms. The van der Waals surface area contributed by atoms with Crippen molar-refractivity contribution in [3.05, 3.63) is 72.9 Å². The second-order valence-electron chi connectivity index (χ2n) is 7.09. The molecule has 1 aliphatic rings. The van der Waals surface area contributed by atoms with Crippen LogP contribution in [0.4, 0.5) is 0 Å². The second-order valence-corrected chi connectivity index (χ2v) is 7.09. The molecule has 1 rings (SSSR count). The Morgan fingerprint density at radius 1 is 0.862 bits per heavy atom. The first-order valence-electron chi connectivity index (χ1n) is 10.2. The zero-order valence-electron chi connectivity index (χ0n) is 17.1. The topological polar surface area (TPSA) is 87.0 Å². The third-order valence-corrected chi connectivity index (χ3v) is 4.24. The van der Waals surface area contributed by atoms with Crippen LogP contribution in [0.2, 0.25) is 0 Å². The third-order valence-electron chi connectivity index (χ3n) is 4.24. The fourth-order valence-corrected chi connectivity index (χ4v) is 2.66. The van der Waals surface area contributed by atoms with Crippen LogP contribution in [0.1, 0.15) is 45.4 Å². The summed E-state index contributed by atoms with van der Waals surface area (Å²) in [5, 5.41) is 29.8. The summed E-state index contributed by atoms with van der Waals surface area (Å²) in [4.78, 5) is 11.7. The highest BCUT2D eigenvalue weighted by molar-refractivity contribution is 5.82. The molecule has 5 nitrogen and oxygen atoms in total.